The first-order valence-electron chi connectivity index (χ1n) is 10.5. The summed E-state index contributed by atoms with van der Waals surface area (Å²) in [5.41, 5.74) is 2.90. The maximum absolute atomic E-state index is 12.4. The molecule has 0 radical (unpaired) electrons. The van der Waals surface area contributed by atoms with Crippen molar-refractivity contribution in [3.05, 3.63) is 35.4 Å². The number of amides is 2. The van der Waals surface area contributed by atoms with Crippen molar-refractivity contribution < 1.29 is 9.59 Å². The molecule has 1 atom stereocenters. The van der Waals surface area contributed by atoms with Crippen LogP contribution < -0.4 is 5.32 Å². The van der Waals surface area contributed by atoms with Crippen molar-refractivity contribution in [3.63, 3.8) is 0 Å². The molecule has 1 heterocycles. The molecule has 2 amide bonds. The quantitative estimate of drug-likeness (QED) is 0.852. The van der Waals surface area contributed by atoms with Crippen molar-refractivity contribution in [3.8, 4) is 0 Å². The lowest BCUT2D eigenvalue weighted by molar-refractivity contribution is -0.133. The Morgan fingerprint density at radius 1 is 1.15 bits per heavy atom. The number of nitrogens with zero attached hydrogens (tertiary/aromatic N) is 1. The Bertz CT molecular complexity index is 687. The van der Waals surface area contributed by atoms with E-state index in [0.717, 1.165) is 32.4 Å². The van der Waals surface area contributed by atoms with Gasteiger partial charge in [-0.25, -0.2) is 0 Å². The first kappa shape index (κ1) is 19.9. The van der Waals surface area contributed by atoms with Crippen LogP contribution in [0.2, 0.25) is 0 Å². The first-order chi connectivity index (χ1) is 12.8. The van der Waals surface area contributed by atoms with Crippen LogP contribution in [0.25, 0.3) is 0 Å². The van der Waals surface area contributed by atoms with Gasteiger partial charge in [0, 0.05) is 32.0 Å². The average Bonchev–Trinajstić information content (AvgIpc) is 2.88. The predicted octanol–water partition coefficient (Wildman–Crippen LogP) is 3.99. The number of rotatable bonds is 5. The standard InChI is InChI=1S/C23H34N2O2/c1-16(2)13-22(27)25-11-9-23(10-12-25)15-18(14-21(26)24-17(3)4)19-7-5-6-8-20(19)23/h5-8,16-18H,9-15H2,1-4H3,(H,24,26). The number of likely N-dealkylation sites (tertiary alicyclic amines) is 1. The normalized spacial score (nSPS) is 21.0. The molecular formula is C23H34N2O2. The highest BCUT2D eigenvalue weighted by Gasteiger charge is 2.46. The number of benzene rings is 1. The Kier molecular flexibility index (Phi) is 5.92. The Hall–Kier alpha value is -1.84. The lowest BCUT2D eigenvalue weighted by atomic mass is 9.73. The predicted molar refractivity (Wildman–Crippen MR) is 109 cm³/mol. The Labute approximate surface area is 163 Å². The molecule has 1 fully saturated rings. The maximum atomic E-state index is 12.4. The third-order valence-electron chi connectivity index (χ3n) is 6.15. The number of nitrogens with one attached hydrogen (secondary N) is 1. The highest BCUT2D eigenvalue weighted by molar-refractivity contribution is 5.78. The van der Waals surface area contributed by atoms with E-state index in [4.69, 9.17) is 0 Å². The number of hydrogen-bond acceptors (Lipinski definition) is 2. The van der Waals surface area contributed by atoms with Crippen LogP contribution in [0.3, 0.4) is 0 Å². The van der Waals surface area contributed by atoms with E-state index in [1.54, 1.807) is 0 Å². The molecule has 1 aromatic rings. The lowest BCUT2D eigenvalue weighted by Gasteiger charge is -2.40. The molecule has 27 heavy (non-hydrogen) atoms. The second kappa shape index (κ2) is 8.04. The second-order valence-corrected chi connectivity index (χ2v) is 9.17. The minimum absolute atomic E-state index is 0.133. The van der Waals surface area contributed by atoms with E-state index in [-0.39, 0.29) is 23.3 Å². The van der Waals surface area contributed by atoms with E-state index in [0.29, 0.717) is 24.7 Å². The van der Waals surface area contributed by atoms with Crippen molar-refractivity contribution in [1.82, 2.24) is 10.2 Å². The fourth-order valence-corrected chi connectivity index (χ4v) is 4.95. The summed E-state index contributed by atoms with van der Waals surface area (Å²) in [6, 6.07) is 8.84. The van der Waals surface area contributed by atoms with Gasteiger partial charge in [-0.15, -0.1) is 0 Å². The summed E-state index contributed by atoms with van der Waals surface area (Å²) in [5.74, 6) is 1.13. The van der Waals surface area contributed by atoms with Crippen LogP contribution in [0.15, 0.2) is 24.3 Å². The zero-order chi connectivity index (χ0) is 19.6. The summed E-state index contributed by atoms with van der Waals surface area (Å²) in [7, 11) is 0. The molecule has 4 nitrogen and oxygen atoms in total. The van der Waals surface area contributed by atoms with Crippen molar-refractivity contribution in [1.29, 1.82) is 0 Å². The van der Waals surface area contributed by atoms with Crippen molar-refractivity contribution in [2.75, 3.05) is 13.1 Å². The van der Waals surface area contributed by atoms with Crippen LogP contribution in [-0.4, -0.2) is 35.8 Å². The highest BCUT2D eigenvalue weighted by atomic mass is 16.2. The molecule has 1 aliphatic heterocycles. The maximum Gasteiger partial charge on any atom is 0.222 e. The minimum Gasteiger partial charge on any atom is -0.354 e. The highest BCUT2D eigenvalue weighted by Crippen LogP contribution is 2.52. The molecule has 1 N–H and O–H groups in total. The Balaban J connectivity index is 1.72. The van der Waals surface area contributed by atoms with E-state index in [1.165, 1.54) is 11.1 Å². The van der Waals surface area contributed by atoms with Crippen LogP contribution >= 0.6 is 0 Å². The fraction of sp³-hybridized carbons (Fsp3) is 0.652. The zero-order valence-corrected chi connectivity index (χ0v) is 17.3. The summed E-state index contributed by atoms with van der Waals surface area (Å²) in [6.45, 7) is 9.89. The Morgan fingerprint density at radius 3 is 2.44 bits per heavy atom. The second-order valence-electron chi connectivity index (χ2n) is 9.17. The van der Waals surface area contributed by atoms with Crippen LogP contribution in [-0.2, 0) is 15.0 Å². The molecule has 0 aromatic heterocycles. The van der Waals surface area contributed by atoms with Gasteiger partial charge in [0.05, 0.1) is 0 Å². The van der Waals surface area contributed by atoms with E-state index in [9.17, 15) is 9.59 Å². The van der Waals surface area contributed by atoms with Crippen molar-refractivity contribution >= 4 is 11.8 Å². The number of carbonyl (C=O) groups is 2. The number of piperidine rings is 1. The molecule has 1 spiro atoms. The van der Waals surface area contributed by atoms with Gasteiger partial charge in [-0.1, -0.05) is 38.1 Å². The molecule has 3 rings (SSSR count). The summed E-state index contributed by atoms with van der Waals surface area (Å²) < 4.78 is 0. The summed E-state index contributed by atoms with van der Waals surface area (Å²) in [5, 5.41) is 3.04. The molecule has 1 unspecified atom stereocenters. The van der Waals surface area contributed by atoms with Gasteiger partial charge in [-0.3, -0.25) is 9.59 Å². The molecule has 148 valence electrons. The smallest absolute Gasteiger partial charge is 0.222 e. The van der Waals surface area contributed by atoms with Crippen LogP contribution in [0.4, 0.5) is 0 Å². The third-order valence-corrected chi connectivity index (χ3v) is 6.15. The fourth-order valence-electron chi connectivity index (χ4n) is 4.95. The van der Waals surface area contributed by atoms with Gasteiger partial charge in [-0.2, -0.15) is 0 Å². The average molecular weight is 371 g/mol. The van der Waals surface area contributed by atoms with Gasteiger partial charge in [0.1, 0.15) is 0 Å². The van der Waals surface area contributed by atoms with Gasteiger partial charge in [0.25, 0.3) is 0 Å². The lowest BCUT2D eigenvalue weighted by Crippen LogP contribution is -2.44. The van der Waals surface area contributed by atoms with E-state index in [1.807, 2.05) is 18.7 Å². The monoisotopic (exact) mass is 370 g/mol. The minimum atomic E-state index is 0.133. The van der Waals surface area contributed by atoms with E-state index >= 15 is 0 Å². The van der Waals surface area contributed by atoms with Gasteiger partial charge in [0.15, 0.2) is 0 Å². The SMILES string of the molecule is CC(C)CC(=O)N1CCC2(CC1)CC(CC(=O)NC(C)C)c1ccccc12. The molecule has 1 aliphatic carbocycles. The molecule has 1 aromatic carbocycles. The van der Waals surface area contributed by atoms with Crippen LogP contribution in [0.1, 0.15) is 76.8 Å². The first-order valence-corrected chi connectivity index (χ1v) is 10.5. The molecule has 4 heteroatoms. The summed E-state index contributed by atoms with van der Waals surface area (Å²) >= 11 is 0. The van der Waals surface area contributed by atoms with Crippen molar-refractivity contribution in [2.45, 2.75) is 77.2 Å². The topological polar surface area (TPSA) is 49.4 Å². The van der Waals surface area contributed by atoms with Gasteiger partial charge < -0.3 is 10.2 Å². The molecular weight excluding hydrogens is 336 g/mol. The van der Waals surface area contributed by atoms with Gasteiger partial charge >= 0.3 is 0 Å². The van der Waals surface area contributed by atoms with Gasteiger partial charge in [-0.05, 0) is 61.5 Å². The van der Waals surface area contributed by atoms with E-state index in [2.05, 4.69) is 43.4 Å². The number of fused-ring (bicyclic) bond motifs is 2. The zero-order valence-electron chi connectivity index (χ0n) is 17.3. The van der Waals surface area contributed by atoms with Gasteiger partial charge in [0.2, 0.25) is 11.8 Å². The molecule has 0 saturated carbocycles. The van der Waals surface area contributed by atoms with Crippen LogP contribution in [0.5, 0.6) is 0 Å². The molecule has 1 saturated heterocycles. The van der Waals surface area contributed by atoms with Crippen molar-refractivity contribution in [2.24, 2.45) is 5.92 Å². The molecule has 0 bridgehead atoms. The van der Waals surface area contributed by atoms with Crippen LogP contribution in [0, 0.1) is 5.92 Å². The molecule has 2 aliphatic rings. The summed E-state index contributed by atoms with van der Waals surface area (Å²) in [4.78, 5) is 26.9. The number of hydrogen-bond donors (Lipinski definition) is 1. The number of carbonyl (C=O) groups excluding carboxylic acids is 2. The largest absolute Gasteiger partial charge is 0.354 e. The summed E-state index contributed by atoms with van der Waals surface area (Å²) in [6.07, 6.45) is 4.25. The third kappa shape index (κ3) is 4.36. The van der Waals surface area contributed by atoms with E-state index < -0.39 is 0 Å². The Morgan fingerprint density at radius 2 is 1.81 bits per heavy atom.